The van der Waals surface area contributed by atoms with Crippen LogP contribution in [0.2, 0.25) is 5.02 Å². The van der Waals surface area contributed by atoms with Crippen LogP contribution in [0.5, 0.6) is 0 Å². The van der Waals surface area contributed by atoms with E-state index in [0.29, 0.717) is 22.5 Å². The van der Waals surface area contributed by atoms with Crippen LogP contribution in [0, 0.1) is 0 Å². The van der Waals surface area contributed by atoms with E-state index in [1.165, 1.54) is 11.3 Å². The third-order valence-electron chi connectivity index (χ3n) is 3.32. The number of amides is 1. The van der Waals surface area contributed by atoms with Gasteiger partial charge in [-0.2, -0.15) is 5.10 Å². The third-order valence-corrected chi connectivity index (χ3v) is 4.47. The van der Waals surface area contributed by atoms with Crippen molar-refractivity contribution in [3.05, 3.63) is 65.3 Å². The Morgan fingerprint density at radius 2 is 2.17 bits per heavy atom. The largest absolute Gasteiger partial charge is 0.454 e. The van der Waals surface area contributed by atoms with Gasteiger partial charge in [-0.05, 0) is 24.3 Å². The standard InChI is InChI=1S/C16H11ClN4O2S/c17-10-7-18-21(8-10)9-11-5-6-13(23-11)15(22)20-16-19-12-3-1-2-4-14(12)24-16/h1-8H,9H2,(H,19,20,22). The van der Waals surface area contributed by atoms with E-state index in [9.17, 15) is 4.79 Å². The summed E-state index contributed by atoms with van der Waals surface area (Å²) in [5.74, 6) is 0.505. The summed E-state index contributed by atoms with van der Waals surface area (Å²) >= 11 is 7.24. The fourth-order valence-electron chi connectivity index (χ4n) is 2.25. The second-order valence-corrected chi connectivity index (χ2v) is 6.53. The normalized spacial score (nSPS) is 11.0. The minimum absolute atomic E-state index is 0.225. The van der Waals surface area contributed by atoms with Crippen LogP contribution >= 0.6 is 22.9 Å². The first kappa shape index (κ1) is 14.9. The maximum Gasteiger partial charge on any atom is 0.293 e. The molecule has 4 aromatic rings. The summed E-state index contributed by atoms with van der Waals surface area (Å²) in [6, 6.07) is 11.1. The Morgan fingerprint density at radius 3 is 2.96 bits per heavy atom. The molecule has 3 heterocycles. The average molecular weight is 359 g/mol. The number of aromatic nitrogens is 3. The van der Waals surface area contributed by atoms with Gasteiger partial charge in [0.25, 0.3) is 5.91 Å². The summed E-state index contributed by atoms with van der Waals surface area (Å²) in [4.78, 5) is 16.7. The SMILES string of the molecule is O=C(Nc1nc2ccccc2s1)c1ccc(Cn2cc(Cl)cn2)o1. The highest BCUT2D eigenvalue weighted by Crippen LogP contribution is 2.26. The molecule has 1 N–H and O–H groups in total. The van der Waals surface area contributed by atoms with Crippen LogP contribution in [0.3, 0.4) is 0 Å². The van der Waals surface area contributed by atoms with Crippen molar-refractivity contribution in [1.29, 1.82) is 0 Å². The van der Waals surface area contributed by atoms with E-state index in [2.05, 4.69) is 15.4 Å². The zero-order chi connectivity index (χ0) is 16.5. The highest BCUT2D eigenvalue weighted by Gasteiger charge is 2.14. The molecule has 0 bridgehead atoms. The molecule has 24 heavy (non-hydrogen) atoms. The molecule has 1 aromatic carbocycles. The number of anilines is 1. The number of nitrogens with one attached hydrogen (secondary N) is 1. The summed E-state index contributed by atoms with van der Waals surface area (Å²) in [5, 5.41) is 7.92. The number of carbonyl (C=O) groups is 1. The van der Waals surface area contributed by atoms with E-state index < -0.39 is 0 Å². The number of para-hydroxylation sites is 1. The number of furan rings is 1. The number of thiazole rings is 1. The lowest BCUT2D eigenvalue weighted by atomic mass is 10.3. The molecule has 0 fully saturated rings. The van der Waals surface area contributed by atoms with Crippen molar-refractivity contribution in [2.24, 2.45) is 0 Å². The summed E-state index contributed by atoms with van der Waals surface area (Å²) < 4.78 is 8.22. The smallest absolute Gasteiger partial charge is 0.293 e. The van der Waals surface area contributed by atoms with Gasteiger partial charge < -0.3 is 4.42 Å². The molecule has 3 aromatic heterocycles. The lowest BCUT2D eigenvalue weighted by molar-refractivity contribution is 0.0994. The summed E-state index contributed by atoms with van der Waals surface area (Å²) in [6.45, 7) is 0.404. The number of fused-ring (bicyclic) bond motifs is 1. The van der Waals surface area contributed by atoms with Crippen molar-refractivity contribution in [3.63, 3.8) is 0 Å². The Hall–Kier alpha value is -2.64. The molecule has 0 unspecified atom stereocenters. The number of halogens is 1. The molecule has 120 valence electrons. The van der Waals surface area contributed by atoms with Gasteiger partial charge in [0.1, 0.15) is 5.76 Å². The van der Waals surface area contributed by atoms with Crippen molar-refractivity contribution in [1.82, 2.24) is 14.8 Å². The maximum atomic E-state index is 12.3. The van der Waals surface area contributed by atoms with Gasteiger partial charge in [-0.1, -0.05) is 35.1 Å². The minimum Gasteiger partial charge on any atom is -0.454 e. The summed E-state index contributed by atoms with van der Waals surface area (Å²) in [6.07, 6.45) is 3.23. The second kappa shape index (κ2) is 6.10. The maximum absolute atomic E-state index is 12.3. The molecule has 0 saturated heterocycles. The van der Waals surface area contributed by atoms with Crippen molar-refractivity contribution < 1.29 is 9.21 Å². The lowest BCUT2D eigenvalue weighted by Gasteiger charge is -1.99. The van der Waals surface area contributed by atoms with Crippen molar-refractivity contribution >= 4 is 44.2 Å². The molecule has 0 aliphatic carbocycles. The zero-order valence-electron chi connectivity index (χ0n) is 12.3. The van der Waals surface area contributed by atoms with Gasteiger partial charge in [0.05, 0.1) is 28.0 Å². The van der Waals surface area contributed by atoms with Crippen LogP contribution in [-0.2, 0) is 6.54 Å². The Labute approximate surface area is 145 Å². The number of hydrogen-bond donors (Lipinski definition) is 1. The van der Waals surface area contributed by atoms with Gasteiger partial charge in [0.15, 0.2) is 10.9 Å². The van der Waals surface area contributed by atoms with Gasteiger partial charge in [0, 0.05) is 6.20 Å². The van der Waals surface area contributed by atoms with E-state index in [0.717, 1.165) is 10.2 Å². The highest BCUT2D eigenvalue weighted by molar-refractivity contribution is 7.22. The van der Waals surface area contributed by atoms with Gasteiger partial charge >= 0.3 is 0 Å². The molecular formula is C16H11ClN4O2S. The van der Waals surface area contributed by atoms with Crippen molar-refractivity contribution in [2.75, 3.05) is 5.32 Å². The van der Waals surface area contributed by atoms with Gasteiger partial charge in [0.2, 0.25) is 0 Å². The molecule has 0 radical (unpaired) electrons. The van der Waals surface area contributed by atoms with Gasteiger partial charge in [-0.15, -0.1) is 0 Å². The quantitative estimate of drug-likeness (QED) is 0.597. The number of carbonyl (C=O) groups excluding carboxylic acids is 1. The van der Waals surface area contributed by atoms with Crippen LogP contribution in [0.25, 0.3) is 10.2 Å². The predicted octanol–water partition coefficient (Wildman–Crippen LogP) is 4.04. The topological polar surface area (TPSA) is 73.0 Å². The van der Waals surface area contributed by atoms with Gasteiger partial charge in [-0.3, -0.25) is 14.8 Å². The molecule has 0 aliphatic heterocycles. The molecule has 0 aliphatic rings. The fourth-order valence-corrected chi connectivity index (χ4v) is 3.27. The molecule has 1 amide bonds. The minimum atomic E-state index is -0.334. The van der Waals surface area contributed by atoms with Gasteiger partial charge in [-0.25, -0.2) is 4.98 Å². The fraction of sp³-hybridized carbons (Fsp3) is 0.0625. The summed E-state index contributed by atoms with van der Waals surface area (Å²) in [5.41, 5.74) is 0.855. The Balaban J connectivity index is 1.48. The molecule has 0 atom stereocenters. The Morgan fingerprint density at radius 1 is 1.29 bits per heavy atom. The van der Waals surface area contributed by atoms with Crippen molar-refractivity contribution in [3.8, 4) is 0 Å². The first-order chi connectivity index (χ1) is 11.7. The molecule has 6 nitrogen and oxygen atoms in total. The molecule has 4 rings (SSSR count). The van der Waals surface area contributed by atoms with E-state index in [1.807, 2.05) is 24.3 Å². The Kier molecular flexibility index (Phi) is 3.79. The van der Waals surface area contributed by atoms with Crippen LogP contribution < -0.4 is 5.32 Å². The van der Waals surface area contributed by atoms with E-state index in [4.69, 9.17) is 16.0 Å². The predicted molar refractivity (Wildman–Crippen MR) is 92.6 cm³/mol. The summed E-state index contributed by atoms with van der Waals surface area (Å²) in [7, 11) is 0. The number of rotatable bonds is 4. The molecule has 8 heteroatoms. The second-order valence-electron chi connectivity index (χ2n) is 5.06. The van der Waals surface area contributed by atoms with Crippen LogP contribution in [0.1, 0.15) is 16.3 Å². The Bertz CT molecular complexity index is 987. The third kappa shape index (κ3) is 3.04. The monoisotopic (exact) mass is 358 g/mol. The lowest BCUT2D eigenvalue weighted by Crippen LogP contribution is -2.10. The zero-order valence-corrected chi connectivity index (χ0v) is 13.8. The van der Waals surface area contributed by atoms with E-state index in [1.54, 1.807) is 29.2 Å². The van der Waals surface area contributed by atoms with Crippen LogP contribution in [0.15, 0.2) is 53.2 Å². The number of hydrogen-bond acceptors (Lipinski definition) is 5. The highest BCUT2D eigenvalue weighted by atomic mass is 35.5. The van der Waals surface area contributed by atoms with E-state index in [-0.39, 0.29) is 11.7 Å². The van der Waals surface area contributed by atoms with Crippen LogP contribution in [0.4, 0.5) is 5.13 Å². The van der Waals surface area contributed by atoms with Crippen molar-refractivity contribution in [2.45, 2.75) is 6.54 Å². The van der Waals surface area contributed by atoms with E-state index >= 15 is 0 Å². The molecule has 0 saturated carbocycles. The average Bonchev–Trinajstić information content (AvgIpc) is 3.27. The molecule has 0 spiro atoms. The number of nitrogens with zero attached hydrogens (tertiary/aromatic N) is 3. The van der Waals surface area contributed by atoms with Crippen LogP contribution in [-0.4, -0.2) is 20.7 Å². The molecular weight excluding hydrogens is 348 g/mol. The first-order valence-corrected chi connectivity index (χ1v) is 8.30. The first-order valence-electron chi connectivity index (χ1n) is 7.11. The number of benzene rings is 1.